The van der Waals surface area contributed by atoms with E-state index in [4.69, 9.17) is 21.7 Å². The number of nitrogens with one attached hydrogen (secondary N) is 1. The molecule has 0 aliphatic carbocycles. The number of hydrogen-bond donors (Lipinski definition) is 3. The summed E-state index contributed by atoms with van der Waals surface area (Å²) in [5, 5.41) is 23.5. The SMILES string of the molecule is C=CCc1c(O)c(OC)cc(O)c1/C=C1\C(=O)NC(=S)N(c2ccc(Oc3ccccc3)cc2)C1=O. The summed E-state index contributed by atoms with van der Waals surface area (Å²) in [5.74, 6) is -0.683. The van der Waals surface area contributed by atoms with Gasteiger partial charge in [0.2, 0.25) is 0 Å². The van der Waals surface area contributed by atoms with Crippen molar-refractivity contribution in [3.05, 3.63) is 90.0 Å². The molecule has 8 nitrogen and oxygen atoms in total. The molecule has 36 heavy (non-hydrogen) atoms. The predicted octanol–water partition coefficient (Wildman–Crippen LogP) is 4.46. The normalized spacial score (nSPS) is 14.5. The fourth-order valence-corrected chi connectivity index (χ4v) is 3.97. The highest BCUT2D eigenvalue weighted by atomic mass is 32.1. The van der Waals surface area contributed by atoms with E-state index in [1.807, 2.05) is 30.3 Å². The number of methoxy groups -OCH3 is 1. The molecule has 2 amide bonds. The number of carbonyl (C=O) groups is 2. The Bertz CT molecular complexity index is 1380. The van der Waals surface area contributed by atoms with Gasteiger partial charge >= 0.3 is 0 Å². The number of allylic oxidation sites excluding steroid dienone is 1. The number of carbonyl (C=O) groups excluding carboxylic acids is 2. The van der Waals surface area contributed by atoms with Crippen molar-refractivity contribution in [1.82, 2.24) is 5.32 Å². The smallest absolute Gasteiger partial charge is 0.270 e. The zero-order valence-corrected chi connectivity index (χ0v) is 20.0. The Hall–Kier alpha value is -4.63. The van der Waals surface area contributed by atoms with Crippen molar-refractivity contribution >= 4 is 40.9 Å². The largest absolute Gasteiger partial charge is 0.507 e. The van der Waals surface area contributed by atoms with Crippen LogP contribution in [0.5, 0.6) is 28.7 Å². The molecule has 9 heteroatoms. The molecular weight excluding hydrogens is 480 g/mol. The summed E-state index contributed by atoms with van der Waals surface area (Å²) in [6.07, 6.45) is 2.88. The third-order valence-electron chi connectivity index (χ3n) is 5.42. The van der Waals surface area contributed by atoms with Crippen LogP contribution in [0.4, 0.5) is 5.69 Å². The predicted molar refractivity (Wildman–Crippen MR) is 139 cm³/mol. The molecule has 0 spiro atoms. The van der Waals surface area contributed by atoms with Crippen molar-refractivity contribution in [2.45, 2.75) is 6.42 Å². The lowest BCUT2D eigenvalue weighted by atomic mass is 9.97. The van der Waals surface area contributed by atoms with Crippen molar-refractivity contribution in [3.8, 4) is 28.7 Å². The van der Waals surface area contributed by atoms with Crippen molar-refractivity contribution in [2.75, 3.05) is 12.0 Å². The quantitative estimate of drug-likeness (QED) is 0.144. The minimum absolute atomic E-state index is 0.0477. The van der Waals surface area contributed by atoms with Gasteiger partial charge in [-0.2, -0.15) is 0 Å². The number of aromatic hydroxyl groups is 2. The molecule has 182 valence electrons. The number of nitrogens with zero attached hydrogens (tertiary/aromatic N) is 1. The lowest BCUT2D eigenvalue weighted by molar-refractivity contribution is -0.122. The highest BCUT2D eigenvalue weighted by molar-refractivity contribution is 7.80. The molecule has 3 aromatic rings. The van der Waals surface area contributed by atoms with Crippen molar-refractivity contribution in [3.63, 3.8) is 0 Å². The van der Waals surface area contributed by atoms with Crippen LogP contribution in [-0.4, -0.2) is 34.2 Å². The van der Waals surface area contributed by atoms with Gasteiger partial charge in [0.15, 0.2) is 16.6 Å². The second kappa shape index (κ2) is 10.3. The maximum Gasteiger partial charge on any atom is 0.270 e. The van der Waals surface area contributed by atoms with E-state index in [9.17, 15) is 19.8 Å². The minimum Gasteiger partial charge on any atom is -0.507 e. The van der Waals surface area contributed by atoms with E-state index in [1.54, 1.807) is 24.3 Å². The van der Waals surface area contributed by atoms with Gasteiger partial charge in [-0.15, -0.1) is 6.58 Å². The van der Waals surface area contributed by atoms with E-state index in [-0.39, 0.29) is 45.5 Å². The summed E-state index contributed by atoms with van der Waals surface area (Å²) in [5.41, 5.74) is 0.464. The standard InChI is InChI=1S/C27H22N2O6S/c1-3-7-19-20(22(30)15-23(34-2)24(19)31)14-21-25(32)28-27(36)29(26(21)33)16-10-12-18(13-11-16)35-17-8-5-4-6-9-17/h3-6,8-15,30-31H,1,7H2,2H3,(H,28,32,36)/b21-14+. The summed E-state index contributed by atoms with van der Waals surface area (Å²) >= 11 is 5.26. The summed E-state index contributed by atoms with van der Waals surface area (Å²) in [6.45, 7) is 3.66. The third-order valence-corrected chi connectivity index (χ3v) is 5.71. The first-order valence-electron chi connectivity index (χ1n) is 10.8. The Morgan fingerprint density at radius 3 is 2.36 bits per heavy atom. The third kappa shape index (κ3) is 4.77. The molecule has 3 aromatic carbocycles. The molecule has 3 N–H and O–H groups in total. The van der Waals surface area contributed by atoms with Gasteiger partial charge in [-0.1, -0.05) is 24.3 Å². The molecule has 0 atom stereocenters. The van der Waals surface area contributed by atoms with E-state index >= 15 is 0 Å². The number of anilines is 1. The molecule has 4 rings (SSSR count). The lowest BCUT2D eigenvalue weighted by Gasteiger charge is -2.29. The van der Waals surface area contributed by atoms with Gasteiger partial charge in [-0.25, -0.2) is 0 Å². The number of para-hydroxylation sites is 1. The zero-order valence-electron chi connectivity index (χ0n) is 19.2. The first-order valence-corrected chi connectivity index (χ1v) is 11.2. The Morgan fingerprint density at radius 2 is 1.72 bits per heavy atom. The Balaban J connectivity index is 1.69. The number of hydrogen-bond acceptors (Lipinski definition) is 7. The maximum atomic E-state index is 13.4. The van der Waals surface area contributed by atoms with Crippen LogP contribution in [0.25, 0.3) is 6.08 Å². The molecular formula is C27H22N2O6S. The van der Waals surface area contributed by atoms with Gasteiger partial charge in [0.25, 0.3) is 11.8 Å². The number of phenolic OH excluding ortho intramolecular Hbond substituents is 2. The van der Waals surface area contributed by atoms with Crippen LogP contribution < -0.4 is 19.7 Å². The first kappa shape index (κ1) is 24.5. The first-order chi connectivity index (χ1) is 17.3. The van der Waals surface area contributed by atoms with E-state index in [1.165, 1.54) is 30.2 Å². The lowest BCUT2D eigenvalue weighted by Crippen LogP contribution is -2.54. The Labute approximate surface area is 212 Å². The van der Waals surface area contributed by atoms with Gasteiger partial charge in [-0.05, 0) is 61.1 Å². The van der Waals surface area contributed by atoms with E-state index in [2.05, 4.69) is 11.9 Å². The van der Waals surface area contributed by atoms with Crippen LogP contribution in [-0.2, 0) is 16.0 Å². The summed E-state index contributed by atoms with van der Waals surface area (Å²) < 4.78 is 10.9. The van der Waals surface area contributed by atoms with Crippen LogP contribution in [0.2, 0.25) is 0 Å². The maximum absolute atomic E-state index is 13.4. The van der Waals surface area contributed by atoms with Crippen molar-refractivity contribution < 1.29 is 29.3 Å². The van der Waals surface area contributed by atoms with Crippen LogP contribution in [0.1, 0.15) is 11.1 Å². The van der Waals surface area contributed by atoms with Crippen LogP contribution in [0.3, 0.4) is 0 Å². The second-order valence-corrected chi connectivity index (χ2v) is 8.09. The highest BCUT2D eigenvalue weighted by Crippen LogP contribution is 2.40. The monoisotopic (exact) mass is 502 g/mol. The Kier molecular flexibility index (Phi) is 7.03. The molecule has 0 saturated carbocycles. The fraction of sp³-hybridized carbons (Fsp3) is 0.0741. The van der Waals surface area contributed by atoms with Gasteiger partial charge in [0, 0.05) is 17.2 Å². The number of thiocarbonyl (C=S) groups is 1. The van der Waals surface area contributed by atoms with Gasteiger partial charge in [-0.3, -0.25) is 19.8 Å². The Morgan fingerprint density at radius 1 is 1.06 bits per heavy atom. The number of ether oxygens (including phenoxy) is 2. The van der Waals surface area contributed by atoms with E-state index in [0.717, 1.165) is 0 Å². The van der Waals surface area contributed by atoms with Gasteiger partial charge in [0.1, 0.15) is 22.8 Å². The molecule has 1 aliphatic heterocycles. The van der Waals surface area contributed by atoms with Crippen LogP contribution in [0.15, 0.2) is 78.9 Å². The van der Waals surface area contributed by atoms with Crippen molar-refractivity contribution in [1.29, 1.82) is 0 Å². The number of amides is 2. The zero-order chi connectivity index (χ0) is 25.8. The molecule has 0 aromatic heterocycles. The molecule has 1 heterocycles. The van der Waals surface area contributed by atoms with Crippen molar-refractivity contribution in [2.24, 2.45) is 0 Å². The molecule has 0 unspecified atom stereocenters. The number of phenols is 2. The average molecular weight is 503 g/mol. The van der Waals surface area contributed by atoms with E-state index in [0.29, 0.717) is 17.2 Å². The molecule has 1 saturated heterocycles. The average Bonchev–Trinajstić information content (AvgIpc) is 2.86. The molecule has 0 bridgehead atoms. The fourth-order valence-electron chi connectivity index (χ4n) is 3.69. The number of rotatable bonds is 7. The van der Waals surface area contributed by atoms with E-state index < -0.39 is 11.8 Å². The molecule has 1 fully saturated rings. The molecule has 1 aliphatic rings. The van der Waals surface area contributed by atoms with Crippen LogP contribution >= 0.6 is 12.2 Å². The highest BCUT2D eigenvalue weighted by Gasteiger charge is 2.35. The minimum atomic E-state index is -0.732. The van der Waals surface area contributed by atoms with Gasteiger partial charge in [0.05, 0.1) is 12.8 Å². The summed E-state index contributed by atoms with van der Waals surface area (Å²) in [6, 6.07) is 17.0. The molecule has 0 radical (unpaired) electrons. The van der Waals surface area contributed by atoms with Gasteiger partial charge < -0.3 is 19.7 Å². The van der Waals surface area contributed by atoms with Crippen LogP contribution in [0, 0.1) is 0 Å². The summed E-state index contributed by atoms with van der Waals surface area (Å²) in [7, 11) is 1.34. The topological polar surface area (TPSA) is 108 Å². The number of benzene rings is 3. The summed E-state index contributed by atoms with van der Waals surface area (Å²) in [4.78, 5) is 27.3. The second-order valence-electron chi connectivity index (χ2n) is 7.70.